The van der Waals surface area contributed by atoms with Crippen LogP contribution in [-0.2, 0) is 43.0 Å². The molecule has 0 aromatic heterocycles. The molecule has 10 nitrogen and oxygen atoms in total. The van der Waals surface area contributed by atoms with E-state index in [2.05, 4.69) is 23.3 Å². The van der Waals surface area contributed by atoms with Gasteiger partial charge in [0.05, 0.1) is 12.4 Å². The first kappa shape index (κ1) is 29.8. The maximum absolute atomic E-state index is 12.9. The Hall–Kier alpha value is -2.24. The summed E-state index contributed by atoms with van der Waals surface area (Å²) < 4.78 is 42.0. The summed E-state index contributed by atoms with van der Waals surface area (Å²) in [6, 6.07) is 0. The Morgan fingerprint density at radius 2 is 1.38 bits per heavy atom. The van der Waals surface area contributed by atoms with Crippen molar-refractivity contribution in [3.63, 3.8) is 0 Å². The van der Waals surface area contributed by atoms with Gasteiger partial charge in [-0.2, -0.15) is 18.6 Å². The second kappa shape index (κ2) is 14.8. The lowest BCUT2D eigenvalue weighted by Gasteiger charge is -2.30. The highest BCUT2D eigenvalue weighted by Gasteiger charge is 2.42. The summed E-state index contributed by atoms with van der Waals surface area (Å²) in [6.45, 7) is 11.2. The van der Waals surface area contributed by atoms with Gasteiger partial charge >= 0.3 is 17.9 Å². The molecule has 0 saturated heterocycles. The van der Waals surface area contributed by atoms with Crippen molar-refractivity contribution in [3.05, 3.63) is 24.3 Å². The highest BCUT2D eigenvalue weighted by molar-refractivity contribution is 7.86. The fourth-order valence-corrected chi connectivity index (χ4v) is 3.29. The van der Waals surface area contributed by atoms with E-state index in [1.165, 1.54) is 13.8 Å². The van der Waals surface area contributed by atoms with Crippen molar-refractivity contribution in [1.29, 1.82) is 0 Å². The molecule has 32 heavy (non-hydrogen) atoms. The van der Waals surface area contributed by atoms with Crippen molar-refractivity contribution >= 4 is 28.0 Å². The van der Waals surface area contributed by atoms with Gasteiger partial charge in [-0.3, -0.25) is 4.79 Å². The number of unbranched alkanes of at least 4 members (excludes halogenated alkanes) is 3. The molecule has 0 aromatic carbocycles. The third-order valence-electron chi connectivity index (χ3n) is 4.49. The molecular formula is C21H35NO9S. The van der Waals surface area contributed by atoms with Gasteiger partial charge in [-0.15, -0.1) is 0 Å². The summed E-state index contributed by atoms with van der Waals surface area (Å²) in [6.07, 6.45) is 2.85. The molecule has 0 rings (SSSR count). The molecule has 2 N–H and O–H groups in total. The number of esters is 3. The van der Waals surface area contributed by atoms with Crippen molar-refractivity contribution in [1.82, 2.24) is 0 Å². The highest BCUT2D eigenvalue weighted by Crippen LogP contribution is 2.28. The Kier molecular flexibility index (Phi) is 13.7. The van der Waals surface area contributed by atoms with Gasteiger partial charge in [0.15, 0.2) is 0 Å². The lowest BCUT2D eigenvalue weighted by Crippen LogP contribution is -2.43. The largest absolute Gasteiger partial charge is 0.465 e. The summed E-state index contributed by atoms with van der Waals surface area (Å²) in [5.41, 5.74) is -1.02. The van der Waals surface area contributed by atoms with E-state index in [1.807, 2.05) is 6.92 Å². The van der Waals surface area contributed by atoms with Gasteiger partial charge in [0.25, 0.3) is 10.1 Å². The first-order valence-corrected chi connectivity index (χ1v) is 11.9. The van der Waals surface area contributed by atoms with E-state index in [0.717, 1.165) is 0 Å². The number of hydrogen-bond acceptors (Lipinski definition) is 10. The fraction of sp³-hybridized carbons (Fsp3) is 0.667. The normalized spacial score (nSPS) is 11.5. The second-order valence-electron chi connectivity index (χ2n) is 7.65. The molecule has 0 atom stereocenters. The van der Waals surface area contributed by atoms with Crippen LogP contribution in [-0.4, -0.2) is 51.9 Å². The molecule has 0 saturated carbocycles. The van der Waals surface area contributed by atoms with Gasteiger partial charge in [-0.25, -0.2) is 9.59 Å². The van der Waals surface area contributed by atoms with Crippen LogP contribution in [0.15, 0.2) is 24.3 Å². The van der Waals surface area contributed by atoms with Crippen LogP contribution in [0.5, 0.6) is 0 Å². The monoisotopic (exact) mass is 477 g/mol. The number of nitrogens with two attached hydrogens (primary N) is 1. The van der Waals surface area contributed by atoms with Crippen LogP contribution in [0.2, 0.25) is 0 Å². The number of carbonyl (C=O) groups is 3. The predicted octanol–water partition coefficient (Wildman–Crippen LogP) is 2.34. The third kappa shape index (κ3) is 11.4. The molecule has 0 unspecified atom stereocenters. The average Bonchev–Trinajstić information content (AvgIpc) is 2.74. The quantitative estimate of drug-likeness (QED) is 0.109. The van der Waals surface area contributed by atoms with E-state index in [-0.39, 0.29) is 43.1 Å². The molecular weight excluding hydrogens is 442 g/mol. The molecule has 0 amide bonds. The van der Waals surface area contributed by atoms with E-state index in [9.17, 15) is 22.8 Å². The van der Waals surface area contributed by atoms with Crippen LogP contribution in [0.4, 0.5) is 0 Å². The lowest BCUT2D eigenvalue weighted by atomic mass is 9.85. The molecule has 0 bridgehead atoms. The van der Waals surface area contributed by atoms with Gasteiger partial charge in [-0.1, -0.05) is 39.3 Å². The molecule has 0 heterocycles. The van der Waals surface area contributed by atoms with Crippen LogP contribution in [0, 0.1) is 5.41 Å². The molecule has 0 aliphatic carbocycles. The van der Waals surface area contributed by atoms with Gasteiger partial charge in [0.2, 0.25) is 0 Å². The van der Waals surface area contributed by atoms with Crippen molar-refractivity contribution in [2.75, 3.05) is 25.6 Å². The van der Waals surface area contributed by atoms with E-state index in [0.29, 0.717) is 32.1 Å². The molecule has 0 radical (unpaired) electrons. The Labute approximate surface area is 190 Å². The lowest BCUT2D eigenvalue weighted by molar-refractivity contribution is -0.171. The van der Waals surface area contributed by atoms with Gasteiger partial charge in [0, 0.05) is 11.1 Å². The van der Waals surface area contributed by atoms with E-state index in [1.54, 1.807) is 0 Å². The van der Waals surface area contributed by atoms with Gasteiger partial charge in [-0.05, 0) is 33.1 Å². The van der Waals surface area contributed by atoms with E-state index < -0.39 is 33.4 Å². The summed E-state index contributed by atoms with van der Waals surface area (Å²) in [5.74, 6) is 2.50. The zero-order valence-corrected chi connectivity index (χ0v) is 20.0. The number of hydrogen-bond donors (Lipinski definition) is 1. The van der Waals surface area contributed by atoms with Gasteiger partial charge < -0.3 is 14.2 Å². The van der Waals surface area contributed by atoms with Gasteiger partial charge in [0.1, 0.15) is 18.6 Å². The van der Waals surface area contributed by atoms with E-state index >= 15 is 0 Å². The number of ether oxygens (including phenoxy) is 3. The Balaban J connectivity index is 4.98. The minimum Gasteiger partial charge on any atom is -0.465 e. The van der Waals surface area contributed by atoms with Crippen molar-refractivity contribution in [2.24, 2.45) is 11.3 Å². The molecule has 11 heteroatoms. The number of carbonyl (C=O) groups excluding carboxylic acids is 3. The van der Waals surface area contributed by atoms with E-state index in [4.69, 9.17) is 14.2 Å². The zero-order chi connectivity index (χ0) is 24.8. The second-order valence-corrected chi connectivity index (χ2v) is 9.37. The highest BCUT2D eigenvalue weighted by atomic mass is 32.2. The summed E-state index contributed by atoms with van der Waals surface area (Å²) in [5, 5.41) is 0. The van der Waals surface area contributed by atoms with Crippen LogP contribution in [0.1, 0.15) is 59.3 Å². The van der Waals surface area contributed by atoms with Crippen LogP contribution in [0.3, 0.4) is 0 Å². The predicted molar refractivity (Wildman–Crippen MR) is 117 cm³/mol. The minimum absolute atomic E-state index is 0.0767. The number of rotatable bonds is 17. The summed E-state index contributed by atoms with van der Waals surface area (Å²) in [4.78, 5) is 36.6. The molecule has 0 aliphatic rings. The molecule has 0 aliphatic heterocycles. The fourth-order valence-electron chi connectivity index (χ4n) is 2.64. The molecule has 184 valence electrons. The Morgan fingerprint density at radius 1 is 0.875 bits per heavy atom. The zero-order valence-electron chi connectivity index (χ0n) is 19.1. The van der Waals surface area contributed by atoms with Crippen molar-refractivity contribution < 1.29 is 41.3 Å². The van der Waals surface area contributed by atoms with Crippen LogP contribution >= 0.6 is 0 Å². The van der Waals surface area contributed by atoms with Crippen LogP contribution in [0.25, 0.3) is 0 Å². The SMILES string of the molecule is C=C(C)C(=O)OCC(CCC)(COC(=O)C(=C)C)C(=O)OCCCCCCS(=O)(=O)ON. The maximum Gasteiger partial charge on any atom is 0.333 e. The Morgan fingerprint density at radius 3 is 1.81 bits per heavy atom. The van der Waals surface area contributed by atoms with Crippen LogP contribution < -0.4 is 5.90 Å². The summed E-state index contributed by atoms with van der Waals surface area (Å²) >= 11 is 0. The Bertz CT molecular complexity index is 744. The standard InChI is InChI=1S/C21H35NO9S/c1-6-11-21(14-29-18(23)16(2)3,15-30-19(24)17(4)5)20(25)28-12-9-7-8-10-13-32(26,27)31-22/h2,4,6-15,22H2,1,3,5H3. The summed E-state index contributed by atoms with van der Waals surface area (Å²) in [7, 11) is -3.69. The topological polar surface area (TPSA) is 148 Å². The smallest absolute Gasteiger partial charge is 0.333 e. The molecule has 0 aromatic rings. The first-order chi connectivity index (χ1) is 14.9. The molecule has 0 fully saturated rings. The van der Waals surface area contributed by atoms with Crippen molar-refractivity contribution in [2.45, 2.75) is 59.3 Å². The third-order valence-corrected chi connectivity index (χ3v) is 5.57. The first-order valence-electron chi connectivity index (χ1n) is 10.3. The van der Waals surface area contributed by atoms with Crippen molar-refractivity contribution in [3.8, 4) is 0 Å². The maximum atomic E-state index is 12.9. The molecule has 0 spiro atoms. The average molecular weight is 478 g/mol. The minimum atomic E-state index is -3.69.